The highest BCUT2D eigenvalue weighted by molar-refractivity contribution is 5.83. The molecule has 0 aliphatic rings. The average Bonchev–Trinajstić information content (AvgIpc) is 2.69. The second-order valence-corrected chi connectivity index (χ2v) is 6.67. The normalized spacial score (nSPS) is 12.6. The number of nitrogens with zero attached hydrogens (tertiary/aromatic N) is 3. The number of Topliss-reactive ketones (excluding diaryl/α,β-unsaturated/α-hetero) is 1. The fraction of sp³-hybridized carbons (Fsp3) is 0.300. The third-order valence-corrected chi connectivity index (χ3v) is 4.48. The first-order chi connectivity index (χ1) is 14.2. The van der Waals surface area contributed by atoms with Crippen LogP contribution in [0.4, 0.5) is 13.2 Å². The van der Waals surface area contributed by atoms with Crippen LogP contribution in [0.1, 0.15) is 24.8 Å². The van der Waals surface area contributed by atoms with Crippen molar-refractivity contribution >= 4 is 16.7 Å². The largest absolute Gasteiger partial charge is 0.573 e. The quantitative estimate of drug-likeness (QED) is 0.581. The molecule has 0 fully saturated rings. The molecule has 0 amide bonds. The lowest BCUT2D eigenvalue weighted by Gasteiger charge is -2.13. The van der Waals surface area contributed by atoms with E-state index in [0.717, 1.165) is 4.68 Å². The van der Waals surface area contributed by atoms with Gasteiger partial charge < -0.3 is 9.47 Å². The monoisotopic (exact) mass is 421 g/mol. The number of benzene rings is 2. The minimum absolute atomic E-state index is 0.0732. The van der Waals surface area contributed by atoms with E-state index < -0.39 is 11.9 Å². The Morgan fingerprint density at radius 1 is 1.17 bits per heavy atom. The van der Waals surface area contributed by atoms with Gasteiger partial charge in [-0.3, -0.25) is 9.59 Å². The zero-order valence-electron chi connectivity index (χ0n) is 16.1. The molecule has 0 saturated heterocycles. The van der Waals surface area contributed by atoms with E-state index in [4.69, 9.17) is 4.74 Å². The molecular weight excluding hydrogens is 403 g/mol. The second-order valence-electron chi connectivity index (χ2n) is 6.67. The molecule has 158 valence electrons. The topological polar surface area (TPSA) is 83.3 Å². The summed E-state index contributed by atoms with van der Waals surface area (Å²) in [4.78, 5) is 25.0. The molecule has 0 unspecified atom stereocenters. The van der Waals surface area contributed by atoms with Crippen LogP contribution >= 0.6 is 0 Å². The van der Waals surface area contributed by atoms with Crippen molar-refractivity contribution in [2.24, 2.45) is 0 Å². The fourth-order valence-electron chi connectivity index (χ4n) is 3.03. The molecule has 0 saturated carbocycles. The molecule has 1 heterocycles. The smallest absolute Gasteiger partial charge is 0.494 e. The van der Waals surface area contributed by atoms with Crippen molar-refractivity contribution in [1.29, 1.82) is 0 Å². The van der Waals surface area contributed by atoms with Crippen LogP contribution in [-0.2, 0) is 11.3 Å². The summed E-state index contributed by atoms with van der Waals surface area (Å²) in [6, 6.07) is 10.2. The number of ketones is 1. The van der Waals surface area contributed by atoms with Crippen molar-refractivity contribution in [2.45, 2.75) is 32.2 Å². The van der Waals surface area contributed by atoms with Crippen LogP contribution in [0.15, 0.2) is 47.3 Å². The molecule has 3 rings (SSSR count). The van der Waals surface area contributed by atoms with Gasteiger partial charge in [-0.2, -0.15) is 0 Å². The van der Waals surface area contributed by atoms with Crippen molar-refractivity contribution in [1.82, 2.24) is 15.0 Å². The lowest BCUT2D eigenvalue weighted by atomic mass is 9.95. The molecule has 7 nitrogen and oxygen atoms in total. The highest BCUT2D eigenvalue weighted by Gasteiger charge is 2.31. The summed E-state index contributed by atoms with van der Waals surface area (Å²) < 4.78 is 46.7. The number of aromatic nitrogens is 3. The molecule has 0 aliphatic carbocycles. The van der Waals surface area contributed by atoms with Gasteiger partial charge in [0.1, 0.15) is 23.6 Å². The van der Waals surface area contributed by atoms with E-state index >= 15 is 0 Å². The Labute approximate surface area is 169 Å². The Bertz CT molecular complexity index is 1110. The molecule has 2 aromatic carbocycles. The van der Waals surface area contributed by atoms with E-state index in [2.05, 4.69) is 15.0 Å². The van der Waals surface area contributed by atoms with Gasteiger partial charge in [-0.05, 0) is 35.7 Å². The van der Waals surface area contributed by atoms with Crippen molar-refractivity contribution in [3.63, 3.8) is 0 Å². The molecule has 10 heteroatoms. The van der Waals surface area contributed by atoms with Gasteiger partial charge in [0.2, 0.25) is 0 Å². The first-order valence-corrected chi connectivity index (χ1v) is 8.96. The summed E-state index contributed by atoms with van der Waals surface area (Å²) in [7, 11) is 1.45. The lowest BCUT2D eigenvalue weighted by molar-refractivity contribution is -0.274. The van der Waals surface area contributed by atoms with Crippen molar-refractivity contribution in [3.8, 4) is 11.5 Å². The zero-order valence-corrected chi connectivity index (χ0v) is 16.1. The molecule has 0 spiro atoms. The zero-order chi connectivity index (χ0) is 21.9. The molecule has 1 atom stereocenters. The van der Waals surface area contributed by atoms with Crippen molar-refractivity contribution < 1.29 is 27.4 Å². The Hall–Kier alpha value is -3.43. The Balaban J connectivity index is 1.69. The SMILES string of the molecule is COc1cccc2c(=O)n(CC(=O)C[C@@H](C)c3ccc(OC(F)(F)F)cc3)nnc12. The van der Waals surface area contributed by atoms with E-state index in [-0.39, 0.29) is 35.8 Å². The van der Waals surface area contributed by atoms with Crippen molar-refractivity contribution in [2.75, 3.05) is 7.11 Å². The van der Waals surface area contributed by atoms with Crippen molar-refractivity contribution in [3.05, 3.63) is 58.4 Å². The molecule has 0 N–H and O–H groups in total. The van der Waals surface area contributed by atoms with Crippen LogP contribution in [0.25, 0.3) is 10.9 Å². The maximum atomic E-state index is 12.6. The van der Waals surface area contributed by atoms with E-state index in [9.17, 15) is 22.8 Å². The molecule has 30 heavy (non-hydrogen) atoms. The van der Waals surface area contributed by atoms with Gasteiger partial charge in [-0.15, -0.1) is 18.3 Å². The number of hydrogen-bond donors (Lipinski definition) is 0. The van der Waals surface area contributed by atoms with E-state index in [1.54, 1.807) is 25.1 Å². The summed E-state index contributed by atoms with van der Waals surface area (Å²) in [5, 5.41) is 8.07. The van der Waals surface area contributed by atoms with Gasteiger partial charge in [0.15, 0.2) is 5.78 Å². The maximum absolute atomic E-state index is 12.6. The van der Waals surface area contributed by atoms with Gasteiger partial charge in [0.25, 0.3) is 5.56 Å². The summed E-state index contributed by atoms with van der Waals surface area (Å²) >= 11 is 0. The van der Waals surface area contributed by atoms with Crippen LogP contribution in [0.5, 0.6) is 11.5 Å². The number of halogens is 3. The number of carbonyl (C=O) groups excluding carboxylic acids is 1. The Kier molecular flexibility index (Phi) is 6.04. The first kappa shape index (κ1) is 21.3. The van der Waals surface area contributed by atoms with Gasteiger partial charge in [0.05, 0.1) is 12.5 Å². The molecular formula is C20H18F3N3O4. The van der Waals surface area contributed by atoms with E-state index in [1.807, 2.05) is 0 Å². The number of ether oxygens (including phenoxy) is 2. The number of alkyl halides is 3. The Morgan fingerprint density at radius 2 is 1.87 bits per heavy atom. The van der Waals surface area contributed by atoms with Gasteiger partial charge in [-0.25, -0.2) is 4.68 Å². The fourth-order valence-corrected chi connectivity index (χ4v) is 3.03. The second kappa shape index (κ2) is 8.52. The number of carbonyl (C=O) groups is 1. The number of rotatable bonds is 7. The van der Waals surface area contributed by atoms with Gasteiger partial charge in [0, 0.05) is 6.42 Å². The standard InChI is InChI=1S/C20H18F3N3O4/c1-12(13-6-8-15(9-7-13)30-20(21,22)23)10-14(27)11-26-19(28)16-4-3-5-17(29-2)18(16)24-25-26/h3-9,12H,10-11H2,1-2H3/t12-/m1/s1. The predicted octanol–water partition coefficient (Wildman–Crippen LogP) is 3.46. The maximum Gasteiger partial charge on any atom is 0.573 e. The van der Waals surface area contributed by atoms with Crippen LogP contribution in [0.2, 0.25) is 0 Å². The predicted molar refractivity (Wildman–Crippen MR) is 102 cm³/mol. The summed E-state index contributed by atoms with van der Waals surface area (Å²) in [5.74, 6) is -0.473. The van der Waals surface area contributed by atoms with Crippen LogP contribution in [0.3, 0.4) is 0 Å². The van der Waals surface area contributed by atoms with Crippen LogP contribution in [-0.4, -0.2) is 34.2 Å². The highest BCUT2D eigenvalue weighted by Crippen LogP contribution is 2.26. The third kappa shape index (κ3) is 4.94. The molecule has 0 aliphatic heterocycles. The van der Waals surface area contributed by atoms with Crippen LogP contribution in [0, 0.1) is 0 Å². The number of hydrogen-bond acceptors (Lipinski definition) is 6. The third-order valence-electron chi connectivity index (χ3n) is 4.48. The van der Waals surface area contributed by atoms with Gasteiger partial charge >= 0.3 is 6.36 Å². The molecule has 3 aromatic rings. The number of methoxy groups -OCH3 is 1. The highest BCUT2D eigenvalue weighted by atomic mass is 19.4. The summed E-state index contributed by atoms with van der Waals surface area (Å²) in [6.45, 7) is 1.50. The first-order valence-electron chi connectivity index (χ1n) is 8.96. The molecule has 0 bridgehead atoms. The number of fused-ring (bicyclic) bond motifs is 1. The lowest BCUT2D eigenvalue weighted by Crippen LogP contribution is -2.28. The molecule has 1 aromatic heterocycles. The Morgan fingerprint density at radius 3 is 2.50 bits per heavy atom. The average molecular weight is 421 g/mol. The van der Waals surface area contributed by atoms with Gasteiger partial charge in [-0.1, -0.05) is 30.3 Å². The minimum atomic E-state index is -4.76. The van der Waals surface area contributed by atoms with Crippen LogP contribution < -0.4 is 15.0 Å². The van der Waals surface area contributed by atoms with E-state index in [0.29, 0.717) is 16.8 Å². The molecule has 0 radical (unpaired) electrons. The summed E-state index contributed by atoms with van der Waals surface area (Å²) in [6.07, 6.45) is -4.69. The minimum Gasteiger partial charge on any atom is -0.494 e. The summed E-state index contributed by atoms with van der Waals surface area (Å²) in [5.41, 5.74) is 0.511. The van der Waals surface area contributed by atoms with E-state index in [1.165, 1.54) is 31.4 Å².